The van der Waals surface area contributed by atoms with Crippen molar-refractivity contribution in [2.24, 2.45) is 0 Å². The number of imidazole rings is 1. The topological polar surface area (TPSA) is 104 Å². The molecule has 6 rings (SSSR count). The van der Waals surface area contributed by atoms with Crippen molar-refractivity contribution in [1.82, 2.24) is 34.9 Å². The average molecular weight is 438 g/mol. The predicted octanol–water partition coefficient (Wildman–Crippen LogP) is 3.24. The molecule has 0 spiro atoms. The van der Waals surface area contributed by atoms with E-state index in [1.165, 1.54) is 11.9 Å². The van der Waals surface area contributed by atoms with Crippen molar-refractivity contribution in [3.05, 3.63) is 89.8 Å². The maximum Gasteiger partial charge on any atom is 0.155 e. The number of benzene rings is 1. The number of aliphatic hydroxyl groups is 1. The Kier molecular flexibility index (Phi) is 4.74. The molecule has 1 aliphatic rings. The van der Waals surface area contributed by atoms with Gasteiger partial charge in [-0.2, -0.15) is 5.10 Å². The minimum absolute atomic E-state index is 0.123. The fourth-order valence-corrected chi connectivity index (χ4v) is 4.57. The molecule has 5 aromatic rings. The van der Waals surface area contributed by atoms with Crippen LogP contribution in [-0.4, -0.2) is 40.8 Å². The molecular weight excluding hydrogens is 414 g/mol. The number of fused-ring (bicyclic) bond motifs is 2. The van der Waals surface area contributed by atoms with Gasteiger partial charge in [0.05, 0.1) is 30.1 Å². The zero-order chi connectivity index (χ0) is 22.4. The maximum absolute atomic E-state index is 10.6. The molecule has 4 aromatic heterocycles. The maximum atomic E-state index is 10.6. The lowest BCUT2D eigenvalue weighted by Gasteiger charge is -2.17. The Morgan fingerprint density at radius 2 is 2.00 bits per heavy atom. The van der Waals surface area contributed by atoms with Gasteiger partial charge in [-0.15, -0.1) is 0 Å². The Balaban J connectivity index is 1.36. The molecule has 0 fully saturated rings. The minimum atomic E-state index is -0.454. The lowest BCUT2D eigenvalue weighted by atomic mass is 10.1. The van der Waals surface area contributed by atoms with Gasteiger partial charge in [0.1, 0.15) is 17.8 Å². The largest absolute Gasteiger partial charge is 0.391 e. The summed E-state index contributed by atoms with van der Waals surface area (Å²) in [5.41, 5.74) is 7.44. The molecule has 0 aliphatic heterocycles. The van der Waals surface area contributed by atoms with Gasteiger partial charge < -0.3 is 15.4 Å². The summed E-state index contributed by atoms with van der Waals surface area (Å²) in [6, 6.07) is 17.9. The zero-order valence-corrected chi connectivity index (χ0v) is 18.1. The number of hydrogen-bond acceptors (Lipinski definition) is 6. The first kappa shape index (κ1) is 19.8. The van der Waals surface area contributed by atoms with E-state index >= 15 is 0 Å². The number of aromatic amines is 1. The van der Waals surface area contributed by atoms with Gasteiger partial charge in [0.2, 0.25) is 0 Å². The molecular formula is C25H23N7O. The van der Waals surface area contributed by atoms with Gasteiger partial charge in [0, 0.05) is 23.9 Å². The van der Waals surface area contributed by atoms with Crippen LogP contribution in [-0.2, 0) is 13.0 Å². The van der Waals surface area contributed by atoms with Gasteiger partial charge in [-0.1, -0.05) is 30.3 Å². The van der Waals surface area contributed by atoms with E-state index in [4.69, 9.17) is 9.97 Å². The number of pyridine rings is 2. The normalized spacial score (nSPS) is 17.5. The third-order valence-electron chi connectivity index (χ3n) is 6.14. The summed E-state index contributed by atoms with van der Waals surface area (Å²) >= 11 is 0. The Morgan fingerprint density at radius 3 is 2.91 bits per heavy atom. The summed E-state index contributed by atoms with van der Waals surface area (Å²) < 4.78 is 1.74. The van der Waals surface area contributed by atoms with E-state index in [1.807, 2.05) is 55.6 Å². The Hall–Kier alpha value is -3.88. The van der Waals surface area contributed by atoms with Crippen molar-refractivity contribution in [1.29, 1.82) is 0 Å². The van der Waals surface area contributed by atoms with Crippen molar-refractivity contribution in [2.75, 3.05) is 0 Å². The van der Waals surface area contributed by atoms with E-state index < -0.39 is 6.10 Å². The van der Waals surface area contributed by atoms with E-state index in [1.54, 1.807) is 4.52 Å². The summed E-state index contributed by atoms with van der Waals surface area (Å²) in [6.07, 6.45) is 3.68. The van der Waals surface area contributed by atoms with Gasteiger partial charge in [0.25, 0.3) is 0 Å². The Labute approximate surface area is 190 Å². The summed E-state index contributed by atoms with van der Waals surface area (Å²) in [5, 5.41) is 18.4. The highest BCUT2D eigenvalue weighted by Gasteiger charge is 2.30. The number of aromatic nitrogens is 6. The number of aryl methyl sites for hydroxylation is 1. The second kappa shape index (κ2) is 7.91. The number of rotatable bonds is 5. The predicted molar refractivity (Wildman–Crippen MR) is 124 cm³/mol. The van der Waals surface area contributed by atoms with Crippen LogP contribution in [0.1, 0.15) is 28.7 Å². The standard InChI is InChI=1S/C25H23N7O/c1-15-5-4-8-19(29-15)25-23(17-9-10-22-27-14-28-32(22)13-17)30-21(31-25)12-26-24-18-7-3-2-6-16(18)11-20(24)33/h2-10,13-14,20,24,26,33H,11-12H2,1H3,(H,30,31)/t20-,24+/m1/s1. The molecule has 8 nitrogen and oxygen atoms in total. The van der Waals surface area contributed by atoms with E-state index in [9.17, 15) is 5.11 Å². The molecule has 0 saturated carbocycles. The number of nitrogens with one attached hydrogen (secondary N) is 2. The van der Waals surface area contributed by atoms with Crippen LogP contribution in [0.5, 0.6) is 0 Å². The van der Waals surface area contributed by atoms with Crippen molar-refractivity contribution in [2.45, 2.75) is 32.0 Å². The number of nitrogens with zero attached hydrogens (tertiary/aromatic N) is 5. The highest BCUT2D eigenvalue weighted by molar-refractivity contribution is 5.77. The first-order chi connectivity index (χ1) is 16.2. The van der Waals surface area contributed by atoms with Gasteiger partial charge >= 0.3 is 0 Å². The van der Waals surface area contributed by atoms with Gasteiger partial charge in [-0.25, -0.2) is 14.5 Å². The molecule has 33 heavy (non-hydrogen) atoms. The van der Waals surface area contributed by atoms with E-state index in [2.05, 4.69) is 32.5 Å². The van der Waals surface area contributed by atoms with Crippen LogP contribution in [0.2, 0.25) is 0 Å². The van der Waals surface area contributed by atoms with Crippen LogP contribution in [0, 0.1) is 6.92 Å². The molecule has 0 radical (unpaired) electrons. The van der Waals surface area contributed by atoms with Crippen molar-refractivity contribution in [3.63, 3.8) is 0 Å². The first-order valence-corrected chi connectivity index (χ1v) is 11.0. The van der Waals surface area contributed by atoms with Gasteiger partial charge in [-0.3, -0.25) is 4.98 Å². The third kappa shape index (κ3) is 3.59. The summed E-state index contributed by atoms with van der Waals surface area (Å²) in [4.78, 5) is 17.3. The van der Waals surface area contributed by atoms with Crippen LogP contribution >= 0.6 is 0 Å². The smallest absolute Gasteiger partial charge is 0.155 e. The molecule has 0 unspecified atom stereocenters. The van der Waals surface area contributed by atoms with Crippen LogP contribution in [0.15, 0.2) is 67.1 Å². The highest BCUT2D eigenvalue weighted by atomic mass is 16.3. The third-order valence-corrected chi connectivity index (χ3v) is 6.14. The molecule has 0 amide bonds. The molecule has 164 valence electrons. The monoisotopic (exact) mass is 437 g/mol. The van der Waals surface area contributed by atoms with Gasteiger partial charge in [-0.05, 0) is 42.3 Å². The quantitative estimate of drug-likeness (QED) is 0.390. The average Bonchev–Trinajstić information content (AvgIpc) is 3.53. The molecule has 0 bridgehead atoms. The Bertz CT molecular complexity index is 1450. The van der Waals surface area contributed by atoms with Crippen molar-refractivity contribution in [3.8, 4) is 22.6 Å². The Morgan fingerprint density at radius 1 is 1.09 bits per heavy atom. The molecule has 1 aliphatic carbocycles. The van der Waals surface area contributed by atoms with Crippen molar-refractivity contribution < 1.29 is 5.11 Å². The second-order valence-corrected chi connectivity index (χ2v) is 8.38. The number of aliphatic hydroxyl groups excluding tert-OH is 1. The highest BCUT2D eigenvalue weighted by Crippen LogP contribution is 2.32. The van der Waals surface area contributed by atoms with Crippen LogP contribution < -0.4 is 5.32 Å². The molecule has 3 N–H and O–H groups in total. The second-order valence-electron chi connectivity index (χ2n) is 8.38. The summed E-state index contributed by atoms with van der Waals surface area (Å²) in [7, 11) is 0. The molecule has 2 atom stereocenters. The number of hydrogen-bond donors (Lipinski definition) is 3. The lowest BCUT2D eigenvalue weighted by Crippen LogP contribution is -2.28. The number of H-pyrrole nitrogens is 1. The van der Waals surface area contributed by atoms with E-state index in [-0.39, 0.29) is 6.04 Å². The van der Waals surface area contributed by atoms with E-state index in [0.29, 0.717) is 13.0 Å². The van der Waals surface area contributed by atoms with Crippen LogP contribution in [0.3, 0.4) is 0 Å². The summed E-state index contributed by atoms with van der Waals surface area (Å²) in [6.45, 7) is 2.46. The molecule has 4 heterocycles. The SMILES string of the molecule is Cc1cccc(-c2nc(CN[C@H]3c4ccccc4C[C@H]3O)[nH]c2-c2ccc3ncnn3c2)n1. The zero-order valence-electron chi connectivity index (χ0n) is 18.1. The van der Waals surface area contributed by atoms with Crippen molar-refractivity contribution >= 4 is 5.65 Å². The van der Waals surface area contributed by atoms with Crippen LogP contribution in [0.25, 0.3) is 28.3 Å². The fourth-order valence-electron chi connectivity index (χ4n) is 4.57. The molecule has 8 heteroatoms. The molecule has 0 saturated heterocycles. The van der Waals surface area contributed by atoms with Crippen LogP contribution in [0.4, 0.5) is 0 Å². The lowest BCUT2D eigenvalue weighted by molar-refractivity contribution is 0.140. The van der Waals surface area contributed by atoms with Gasteiger partial charge in [0.15, 0.2) is 5.65 Å². The summed E-state index contributed by atoms with van der Waals surface area (Å²) in [5.74, 6) is 0.776. The minimum Gasteiger partial charge on any atom is -0.391 e. The molecule has 1 aromatic carbocycles. The first-order valence-electron chi connectivity index (χ1n) is 11.0. The van der Waals surface area contributed by atoms with E-state index in [0.717, 1.165) is 45.4 Å². The fraction of sp³-hybridized carbons (Fsp3) is 0.200.